The van der Waals surface area contributed by atoms with Crippen LogP contribution in [0.15, 0.2) is 82.8 Å². The minimum absolute atomic E-state index is 0.102. The van der Waals surface area contributed by atoms with Gasteiger partial charge in [-0.25, -0.2) is 9.78 Å². The van der Waals surface area contributed by atoms with E-state index in [9.17, 15) is 9.59 Å². The Labute approximate surface area is 167 Å². The van der Waals surface area contributed by atoms with Gasteiger partial charge in [0.15, 0.2) is 0 Å². The number of anilines is 2. The number of benzene rings is 2. The Hall–Kier alpha value is -3.32. The van der Waals surface area contributed by atoms with E-state index in [0.29, 0.717) is 29.4 Å². The van der Waals surface area contributed by atoms with E-state index in [1.807, 2.05) is 42.5 Å². The lowest BCUT2D eigenvalue weighted by Crippen LogP contribution is -2.27. The SMILES string of the molecule is O=C(Nc1ccc(N2CCNC2=O)cc1)c1cccnc1Sc1ccccc1. The first-order valence-corrected chi connectivity index (χ1v) is 9.67. The first-order valence-electron chi connectivity index (χ1n) is 8.85. The number of rotatable bonds is 5. The summed E-state index contributed by atoms with van der Waals surface area (Å²) in [6.45, 7) is 1.28. The number of hydrogen-bond acceptors (Lipinski definition) is 4. The molecule has 0 saturated carbocycles. The normalized spacial score (nSPS) is 13.3. The molecular weight excluding hydrogens is 372 g/mol. The van der Waals surface area contributed by atoms with Crippen molar-refractivity contribution in [2.24, 2.45) is 0 Å². The van der Waals surface area contributed by atoms with E-state index in [0.717, 1.165) is 10.6 Å². The van der Waals surface area contributed by atoms with Crippen LogP contribution in [0.4, 0.5) is 16.2 Å². The molecule has 1 fully saturated rings. The number of pyridine rings is 1. The number of carbonyl (C=O) groups excluding carboxylic acids is 2. The first kappa shape index (κ1) is 18.1. The van der Waals surface area contributed by atoms with E-state index >= 15 is 0 Å². The van der Waals surface area contributed by atoms with Gasteiger partial charge < -0.3 is 10.6 Å². The average Bonchev–Trinajstić information content (AvgIpc) is 3.16. The molecule has 1 aromatic heterocycles. The van der Waals surface area contributed by atoms with Crippen molar-refractivity contribution >= 4 is 35.1 Å². The van der Waals surface area contributed by atoms with Crippen LogP contribution in [0.1, 0.15) is 10.4 Å². The molecule has 0 atom stereocenters. The van der Waals surface area contributed by atoms with Gasteiger partial charge in [-0.2, -0.15) is 0 Å². The van der Waals surface area contributed by atoms with E-state index in [4.69, 9.17) is 0 Å². The van der Waals surface area contributed by atoms with E-state index in [1.54, 1.807) is 35.4 Å². The van der Waals surface area contributed by atoms with E-state index < -0.39 is 0 Å². The van der Waals surface area contributed by atoms with Crippen molar-refractivity contribution in [2.45, 2.75) is 9.92 Å². The van der Waals surface area contributed by atoms with Gasteiger partial charge in [0.25, 0.3) is 5.91 Å². The van der Waals surface area contributed by atoms with Gasteiger partial charge in [0.2, 0.25) is 0 Å². The van der Waals surface area contributed by atoms with Gasteiger partial charge in [-0.05, 0) is 48.5 Å². The van der Waals surface area contributed by atoms with Crippen LogP contribution in [-0.2, 0) is 0 Å². The zero-order chi connectivity index (χ0) is 19.3. The molecule has 4 rings (SSSR count). The smallest absolute Gasteiger partial charge is 0.321 e. The second-order valence-corrected chi connectivity index (χ2v) is 7.22. The zero-order valence-electron chi connectivity index (χ0n) is 15.0. The van der Waals surface area contributed by atoms with Crippen LogP contribution in [0, 0.1) is 0 Å². The highest BCUT2D eigenvalue weighted by atomic mass is 32.2. The van der Waals surface area contributed by atoms with Crippen molar-refractivity contribution in [2.75, 3.05) is 23.3 Å². The summed E-state index contributed by atoms with van der Waals surface area (Å²) in [5.41, 5.74) is 1.97. The molecule has 1 aliphatic rings. The van der Waals surface area contributed by atoms with Crippen molar-refractivity contribution in [3.63, 3.8) is 0 Å². The topological polar surface area (TPSA) is 74.3 Å². The Bertz CT molecular complexity index is 993. The summed E-state index contributed by atoms with van der Waals surface area (Å²) in [6.07, 6.45) is 1.68. The van der Waals surface area contributed by atoms with Gasteiger partial charge in [0, 0.05) is 35.6 Å². The van der Waals surface area contributed by atoms with Gasteiger partial charge in [0.05, 0.1) is 5.56 Å². The third kappa shape index (κ3) is 3.99. The molecule has 6 nitrogen and oxygen atoms in total. The molecule has 140 valence electrons. The predicted molar refractivity (Wildman–Crippen MR) is 110 cm³/mol. The summed E-state index contributed by atoms with van der Waals surface area (Å²) in [4.78, 5) is 31.6. The molecule has 0 bridgehead atoms. The number of urea groups is 1. The number of nitrogens with zero attached hydrogens (tertiary/aromatic N) is 2. The van der Waals surface area contributed by atoms with Gasteiger partial charge in [-0.15, -0.1) is 0 Å². The summed E-state index contributed by atoms with van der Waals surface area (Å²) in [5, 5.41) is 6.32. The minimum Gasteiger partial charge on any atom is -0.336 e. The van der Waals surface area contributed by atoms with E-state index in [1.165, 1.54) is 11.8 Å². The number of amides is 3. The van der Waals surface area contributed by atoms with E-state index in [-0.39, 0.29) is 11.9 Å². The fourth-order valence-electron chi connectivity index (χ4n) is 2.89. The Morgan fingerprint density at radius 2 is 1.82 bits per heavy atom. The summed E-state index contributed by atoms with van der Waals surface area (Å²) in [5.74, 6) is -0.224. The molecule has 28 heavy (non-hydrogen) atoms. The van der Waals surface area contributed by atoms with Crippen molar-refractivity contribution < 1.29 is 9.59 Å². The third-order valence-corrected chi connectivity index (χ3v) is 5.29. The largest absolute Gasteiger partial charge is 0.336 e. The molecule has 3 aromatic rings. The highest BCUT2D eigenvalue weighted by Crippen LogP contribution is 2.29. The molecule has 2 heterocycles. The fraction of sp³-hybridized carbons (Fsp3) is 0.0952. The second-order valence-electron chi connectivity index (χ2n) is 6.16. The van der Waals surface area contributed by atoms with Crippen molar-refractivity contribution in [1.82, 2.24) is 10.3 Å². The van der Waals surface area contributed by atoms with Crippen LogP contribution in [0.3, 0.4) is 0 Å². The molecule has 1 saturated heterocycles. The van der Waals surface area contributed by atoms with Crippen LogP contribution >= 0.6 is 11.8 Å². The number of hydrogen-bond donors (Lipinski definition) is 2. The van der Waals surface area contributed by atoms with Crippen molar-refractivity contribution in [3.8, 4) is 0 Å². The highest BCUT2D eigenvalue weighted by molar-refractivity contribution is 7.99. The van der Waals surface area contributed by atoms with E-state index in [2.05, 4.69) is 15.6 Å². The molecule has 0 spiro atoms. The lowest BCUT2D eigenvalue weighted by molar-refractivity contribution is 0.102. The first-order chi connectivity index (χ1) is 13.7. The van der Waals surface area contributed by atoms with Crippen LogP contribution in [-0.4, -0.2) is 30.0 Å². The summed E-state index contributed by atoms with van der Waals surface area (Å²) in [6, 6.07) is 20.4. The maximum Gasteiger partial charge on any atom is 0.321 e. The fourth-order valence-corrected chi connectivity index (χ4v) is 3.79. The quantitative estimate of drug-likeness (QED) is 0.690. The van der Waals surface area contributed by atoms with Crippen LogP contribution in [0.25, 0.3) is 0 Å². The van der Waals surface area contributed by atoms with Gasteiger partial charge in [-0.1, -0.05) is 30.0 Å². The Balaban J connectivity index is 1.49. The van der Waals surface area contributed by atoms with Gasteiger partial charge >= 0.3 is 6.03 Å². The Morgan fingerprint density at radius 1 is 1.04 bits per heavy atom. The van der Waals surface area contributed by atoms with Crippen LogP contribution < -0.4 is 15.5 Å². The van der Waals surface area contributed by atoms with Gasteiger partial charge in [-0.3, -0.25) is 9.69 Å². The molecule has 3 amide bonds. The minimum atomic E-state index is -0.224. The van der Waals surface area contributed by atoms with Crippen molar-refractivity contribution in [3.05, 3.63) is 78.5 Å². The number of nitrogens with one attached hydrogen (secondary N) is 2. The standard InChI is InChI=1S/C21H18N4O2S/c26-19(18-7-4-12-22-20(18)28-17-5-2-1-3-6-17)24-15-8-10-16(11-9-15)25-14-13-23-21(25)27/h1-12H,13-14H2,(H,23,27)(H,24,26). The molecule has 7 heteroatoms. The second kappa shape index (κ2) is 8.14. The molecule has 2 N–H and O–H groups in total. The molecule has 0 unspecified atom stereocenters. The summed E-state index contributed by atoms with van der Waals surface area (Å²) < 4.78 is 0. The van der Waals surface area contributed by atoms with Crippen LogP contribution in [0.5, 0.6) is 0 Å². The zero-order valence-corrected chi connectivity index (χ0v) is 15.8. The molecular formula is C21H18N4O2S. The lowest BCUT2D eigenvalue weighted by atomic mass is 10.2. The maximum absolute atomic E-state index is 12.8. The molecule has 0 aliphatic carbocycles. The predicted octanol–water partition coefficient (Wildman–Crippen LogP) is 4.01. The monoisotopic (exact) mass is 390 g/mol. The van der Waals surface area contributed by atoms with Crippen LogP contribution in [0.2, 0.25) is 0 Å². The molecule has 2 aromatic carbocycles. The highest BCUT2D eigenvalue weighted by Gasteiger charge is 2.21. The maximum atomic E-state index is 12.8. The van der Waals surface area contributed by atoms with Crippen molar-refractivity contribution in [1.29, 1.82) is 0 Å². The summed E-state index contributed by atoms with van der Waals surface area (Å²) in [7, 11) is 0. The Morgan fingerprint density at radius 3 is 2.54 bits per heavy atom. The molecule has 0 radical (unpaired) electrons. The molecule has 1 aliphatic heterocycles. The number of carbonyl (C=O) groups is 2. The third-order valence-electron chi connectivity index (χ3n) is 4.27. The summed E-state index contributed by atoms with van der Waals surface area (Å²) >= 11 is 1.45. The number of aromatic nitrogens is 1. The Kier molecular flexibility index (Phi) is 5.25. The lowest BCUT2D eigenvalue weighted by Gasteiger charge is -2.15. The van der Waals surface area contributed by atoms with Gasteiger partial charge in [0.1, 0.15) is 5.03 Å². The average molecular weight is 390 g/mol.